The van der Waals surface area contributed by atoms with Crippen LogP contribution in [0.25, 0.3) is 0 Å². The summed E-state index contributed by atoms with van der Waals surface area (Å²) >= 11 is 1.18. The second-order valence-corrected chi connectivity index (χ2v) is 9.99. The minimum atomic E-state index is -3.58. The number of aryl methyl sites for hydroxylation is 1. The van der Waals surface area contributed by atoms with E-state index >= 15 is 0 Å². The molecule has 29 heavy (non-hydrogen) atoms. The molecular formula is C22H24N2O3S2. The fourth-order valence-corrected chi connectivity index (χ4v) is 5.27. The van der Waals surface area contributed by atoms with Gasteiger partial charge in [-0.2, -0.15) is 0 Å². The van der Waals surface area contributed by atoms with E-state index in [1.165, 1.54) is 28.3 Å². The van der Waals surface area contributed by atoms with Crippen molar-refractivity contribution < 1.29 is 13.2 Å². The molecule has 152 valence electrons. The molecule has 0 unspecified atom stereocenters. The Balaban J connectivity index is 1.60. The van der Waals surface area contributed by atoms with E-state index < -0.39 is 10.0 Å². The van der Waals surface area contributed by atoms with Gasteiger partial charge < -0.3 is 5.32 Å². The van der Waals surface area contributed by atoms with Crippen LogP contribution in [0.4, 0.5) is 5.69 Å². The molecule has 1 heterocycles. The van der Waals surface area contributed by atoms with E-state index in [1.807, 2.05) is 25.1 Å². The van der Waals surface area contributed by atoms with Gasteiger partial charge in [0, 0.05) is 18.7 Å². The molecular weight excluding hydrogens is 404 g/mol. The van der Waals surface area contributed by atoms with Gasteiger partial charge in [0.1, 0.15) is 4.21 Å². The van der Waals surface area contributed by atoms with Gasteiger partial charge in [-0.25, -0.2) is 8.42 Å². The lowest BCUT2D eigenvalue weighted by atomic mass is 10.1. The highest BCUT2D eigenvalue weighted by molar-refractivity contribution is 7.94. The Morgan fingerprint density at radius 2 is 1.72 bits per heavy atom. The molecule has 3 rings (SSSR count). The SMILES string of the molecule is C[C@H](CCc1ccccc1)NC(=O)c1ccc(N(C)S(=O)(=O)c2cccs2)cc1. The Hall–Kier alpha value is -2.64. The fraction of sp³-hybridized carbons (Fsp3) is 0.227. The number of nitrogens with zero attached hydrogens (tertiary/aromatic N) is 1. The second-order valence-electron chi connectivity index (χ2n) is 6.85. The monoisotopic (exact) mass is 428 g/mol. The van der Waals surface area contributed by atoms with Crippen molar-refractivity contribution in [3.8, 4) is 0 Å². The zero-order valence-electron chi connectivity index (χ0n) is 16.4. The average molecular weight is 429 g/mol. The van der Waals surface area contributed by atoms with E-state index in [0.717, 1.165) is 12.8 Å². The number of amides is 1. The highest BCUT2D eigenvalue weighted by Crippen LogP contribution is 2.25. The van der Waals surface area contributed by atoms with Crippen molar-refractivity contribution >= 4 is 33.0 Å². The predicted octanol–water partition coefficient (Wildman–Crippen LogP) is 4.32. The maximum absolute atomic E-state index is 12.6. The Morgan fingerprint density at radius 3 is 2.34 bits per heavy atom. The lowest BCUT2D eigenvalue weighted by Crippen LogP contribution is -2.33. The molecule has 2 aromatic carbocycles. The first-order valence-corrected chi connectivity index (χ1v) is 11.7. The number of nitrogens with one attached hydrogen (secondary N) is 1. The molecule has 0 saturated carbocycles. The number of hydrogen-bond acceptors (Lipinski definition) is 4. The van der Waals surface area contributed by atoms with Crippen molar-refractivity contribution in [1.29, 1.82) is 0 Å². The van der Waals surface area contributed by atoms with Gasteiger partial charge in [0.15, 0.2) is 0 Å². The van der Waals surface area contributed by atoms with Gasteiger partial charge in [-0.05, 0) is 61.0 Å². The number of sulfonamides is 1. The summed E-state index contributed by atoms with van der Waals surface area (Å²) in [4.78, 5) is 12.5. The molecule has 0 aliphatic carbocycles. The quantitative estimate of drug-likeness (QED) is 0.581. The Bertz CT molecular complexity index is 1030. The summed E-state index contributed by atoms with van der Waals surface area (Å²) in [5.41, 5.74) is 2.25. The van der Waals surface area contributed by atoms with Crippen LogP contribution in [0.3, 0.4) is 0 Å². The normalized spacial score (nSPS) is 12.3. The van der Waals surface area contributed by atoms with Crippen LogP contribution in [0.1, 0.15) is 29.3 Å². The summed E-state index contributed by atoms with van der Waals surface area (Å²) in [7, 11) is -2.07. The van der Waals surface area contributed by atoms with Crippen molar-refractivity contribution in [2.75, 3.05) is 11.4 Å². The van der Waals surface area contributed by atoms with Crippen molar-refractivity contribution in [2.24, 2.45) is 0 Å². The number of rotatable bonds is 8. The van der Waals surface area contributed by atoms with E-state index in [0.29, 0.717) is 11.3 Å². The van der Waals surface area contributed by atoms with E-state index in [-0.39, 0.29) is 16.2 Å². The molecule has 1 N–H and O–H groups in total. The first-order valence-electron chi connectivity index (χ1n) is 9.35. The lowest BCUT2D eigenvalue weighted by molar-refractivity contribution is 0.0938. The van der Waals surface area contributed by atoms with Gasteiger partial charge in [-0.1, -0.05) is 36.4 Å². The molecule has 0 spiro atoms. The van der Waals surface area contributed by atoms with Crippen molar-refractivity contribution in [3.63, 3.8) is 0 Å². The zero-order valence-corrected chi connectivity index (χ0v) is 18.0. The minimum absolute atomic E-state index is 0.0317. The molecule has 0 bridgehead atoms. The first-order chi connectivity index (χ1) is 13.9. The van der Waals surface area contributed by atoms with Crippen LogP contribution in [0.15, 0.2) is 76.3 Å². The van der Waals surface area contributed by atoms with E-state index in [4.69, 9.17) is 0 Å². The molecule has 0 aliphatic heterocycles. The van der Waals surface area contributed by atoms with Gasteiger partial charge in [0.25, 0.3) is 15.9 Å². The predicted molar refractivity (Wildman–Crippen MR) is 118 cm³/mol. The second kappa shape index (κ2) is 9.24. The summed E-state index contributed by atoms with van der Waals surface area (Å²) in [5.74, 6) is -0.166. The lowest BCUT2D eigenvalue weighted by Gasteiger charge is -2.19. The topological polar surface area (TPSA) is 66.5 Å². The van der Waals surface area contributed by atoms with Crippen LogP contribution in [-0.4, -0.2) is 27.4 Å². The molecule has 0 aliphatic rings. The molecule has 1 aromatic heterocycles. The van der Waals surface area contributed by atoms with Crippen LogP contribution in [-0.2, 0) is 16.4 Å². The van der Waals surface area contributed by atoms with Crippen molar-refractivity contribution in [3.05, 3.63) is 83.2 Å². The molecule has 0 fully saturated rings. The van der Waals surface area contributed by atoms with Crippen LogP contribution >= 0.6 is 11.3 Å². The van der Waals surface area contributed by atoms with Crippen molar-refractivity contribution in [1.82, 2.24) is 5.32 Å². The smallest absolute Gasteiger partial charge is 0.273 e. The third kappa shape index (κ3) is 5.25. The van der Waals surface area contributed by atoms with E-state index in [2.05, 4.69) is 17.4 Å². The first kappa shape index (κ1) is 21.1. The Kier molecular flexibility index (Phi) is 6.71. The minimum Gasteiger partial charge on any atom is -0.350 e. The summed E-state index contributed by atoms with van der Waals surface area (Å²) in [6.07, 6.45) is 1.74. The van der Waals surface area contributed by atoms with Gasteiger partial charge in [-0.3, -0.25) is 9.10 Å². The number of carbonyl (C=O) groups excluding carboxylic acids is 1. The summed E-state index contributed by atoms with van der Waals surface area (Å²) in [6, 6.07) is 20.1. The fourth-order valence-electron chi connectivity index (χ4n) is 2.91. The summed E-state index contributed by atoms with van der Waals surface area (Å²) < 4.78 is 26.7. The number of hydrogen-bond donors (Lipinski definition) is 1. The van der Waals surface area contributed by atoms with Crippen molar-refractivity contribution in [2.45, 2.75) is 30.0 Å². The standard InChI is InChI=1S/C22H24N2O3S2/c1-17(10-11-18-7-4-3-5-8-18)23-22(25)19-12-14-20(15-13-19)24(2)29(26,27)21-9-6-16-28-21/h3-9,12-17H,10-11H2,1-2H3,(H,23,25)/t17-/m1/s1. The molecule has 1 atom stereocenters. The molecule has 0 radical (unpaired) electrons. The van der Waals surface area contributed by atoms with Crippen LogP contribution in [0.5, 0.6) is 0 Å². The van der Waals surface area contributed by atoms with Gasteiger partial charge >= 0.3 is 0 Å². The molecule has 7 heteroatoms. The molecule has 3 aromatic rings. The Labute approximate surface area is 176 Å². The van der Waals surface area contributed by atoms with Gasteiger partial charge in [0.2, 0.25) is 0 Å². The molecule has 5 nitrogen and oxygen atoms in total. The summed E-state index contributed by atoms with van der Waals surface area (Å²) in [6.45, 7) is 1.98. The number of anilines is 1. The zero-order chi connectivity index (χ0) is 20.9. The van der Waals surface area contributed by atoms with Gasteiger partial charge in [0.05, 0.1) is 5.69 Å². The van der Waals surface area contributed by atoms with Crippen LogP contribution in [0.2, 0.25) is 0 Å². The number of carbonyl (C=O) groups is 1. The van der Waals surface area contributed by atoms with Crippen LogP contribution < -0.4 is 9.62 Å². The maximum Gasteiger partial charge on any atom is 0.273 e. The average Bonchev–Trinajstić information content (AvgIpc) is 3.28. The molecule has 1 amide bonds. The largest absolute Gasteiger partial charge is 0.350 e. The van der Waals surface area contributed by atoms with Crippen LogP contribution in [0, 0.1) is 0 Å². The highest BCUT2D eigenvalue weighted by Gasteiger charge is 2.22. The maximum atomic E-state index is 12.6. The molecule has 0 saturated heterocycles. The summed E-state index contributed by atoms with van der Waals surface area (Å²) in [5, 5.41) is 4.73. The Morgan fingerprint density at radius 1 is 1.03 bits per heavy atom. The third-order valence-electron chi connectivity index (χ3n) is 4.69. The number of thiophene rings is 1. The van der Waals surface area contributed by atoms with E-state index in [9.17, 15) is 13.2 Å². The highest BCUT2D eigenvalue weighted by atomic mass is 32.2. The van der Waals surface area contributed by atoms with E-state index in [1.54, 1.807) is 41.8 Å². The third-order valence-corrected chi connectivity index (χ3v) is 7.85. The van der Waals surface area contributed by atoms with Gasteiger partial charge in [-0.15, -0.1) is 11.3 Å². The number of benzene rings is 2.